The number of hydrogen-bond acceptors (Lipinski definition) is 3. The van der Waals surface area contributed by atoms with Gasteiger partial charge >= 0.3 is 10.2 Å². The summed E-state index contributed by atoms with van der Waals surface area (Å²) in [7, 11) is -4.60. The Morgan fingerprint density at radius 3 is 2.00 bits per heavy atom. The second-order valence-electron chi connectivity index (χ2n) is 0.761. The third-order valence-electron chi connectivity index (χ3n) is 0.223. The van der Waals surface area contributed by atoms with Crippen LogP contribution in [0.4, 0.5) is 3.89 Å². The summed E-state index contributed by atoms with van der Waals surface area (Å²) in [5.74, 6) is 0. The SMILES string of the molecule is O=S(=O)(F)C=CO. The van der Waals surface area contributed by atoms with E-state index in [4.69, 9.17) is 5.11 Å². The highest BCUT2D eigenvalue weighted by molar-refractivity contribution is 7.89. The minimum atomic E-state index is -4.60. The van der Waals surface area contributed by atoms with Gasteiger partial charge in [0, 0.05) is 0 Å². The van der Waals surface area contributed by atoms with Crippen LogP contribution in [0.3, 0.4) is 0 Å². The zero-order chi connectivity index (χ0) is 5.91. The molecule has 0 saturated carbocycles. The van der Waals surface area contributed by atoms with Crippen LogP contribution >= 0.6 is 0 Å². The van der Waals surface area contributed by atoms with Crippen LogP contribution in [0.1, 0.15) is 0 Å². The quantitative estimate of drug-likeness (QED) is 0.406. The van der Waals surface area contributed by atoms with Gasteiger partial charge in [-0.3, -0.25) is 0 Å². The summed E-state index contributed by atoms with van der Waals surface area (Å²) < 4.78 is 29.8. The number of aliphatic hydroxyl groups is 1. The molecule has 1 N–H and O–H groups in total. The first-order valence-electron chi connectivity index (χ1n) is 1.31. The smallest absolute Gasteiger partial charge is 0.328 e. The minimum absolute atomic E-state index is 0.0486. The Balaban J connectivity index is 4.13. The fraction of sp³-hybridized carbons (Fsp3) is 0. The Morgan fingerprint density at radius 1 is 1.57 bits per heavy atom. The maximum atomic E-state index is 11.1. The monoisotopic (exact) mass is 126 g/mol. The van der Waals surface area contributed by atoms with Crippen molar-refractivity contribution >= 4 is 10.2 Å². The van der Waals surface area contributed by atoms with Crippen molar-refractivity contribution in [3.63, 3.8) is 0 Å². The molecule has 0 rings (SSSR count). The van der Waals surface area contributed by atoms with E-state index < -0.39 is 10.2 Å². The van der Waals surface area contributed by atoms with E-state index in [1.54, 1.807) is 0 Å². The first kappa shape index (κ1) is 6.42. The maximum absolute atomic E-state index is 11.1. The van der Waals surface area contributed by atoms with Crippen molar-refractivity contribution in [2.75, 3.05) is 0 Å². The second-order valence-corrected chi connectivity index (χ2v) is 1.98. The van der Waals surface area contributed by atoms with E-state index in [0.717, 1.165) is 0 Å². The van der Waals surface area contributed by atoms with Crippen molar-refractivity contribution in [1.82, 2.24) is 0 Å². The molecule has 0 fully saturated rings. The van der Waals surface area contributed by atoms with Gasteiger partial charge in [-0.05, 0) is 0 Å². The summed E-state index contributed by atoms with van der Waals surface area (Å²) in [6.45, 7) is 0. The Kier molecular flexibility index (Phi) is 1.76. The number of rotatable bonds is 1. The van der Waals surface area contributed by atoms with Crippen LogP contribution in [-0.4, -0.2) is 13.5 Å². The molecule has 0 radical (unpaired) electrons. The summed E-state index contributed by atoms with van der Waals surface area (Å²) in [4.78, 5) is 0. The van der Waals surface area contributed by atoms with E-state index in [0.29, 0.717) is 0 Å². The van der Waals surface area contributed by atoms with Crippen LogP contribution in [0.2, 0.25) is 0 Å². The molecule has 0 heterocycles. The van der Waals surface area contributed by atoms with Crippen LogP contribution in [0.25, 0.3) is 0 Å². The summed E-state index contributed by atoms with van der Waals surface area (Å²) in [5.41, 5.74) is 0. The number of hydrogen-bond donors (Lipinski definition) is 1. The molecule has 0 amide bonds. The lowest BCUT2D eigenvalue weighted by molar-refractivity contribution is 0.473. The lowest BCUT2D eigenvalue weighted by Crippen LogP contribution is -1.79. The van der Waals surface area contributed by atoms with Crippen LogP contribution in [0.15, 0.2) is 11.7 Å². The standard InChI is InChI=1S/C2H3FO3S/c3-7(5,6)2-1-4/h1-2,4H. The van der Waals surface area contributed by atoms with Crippen molar-refractivity contribution in [2.24, 2.45) is 0 Å². The zero-order valence-corrected chi connectivity index (χ0v) is 4.02. The predicted octanol–water partition coefficient (Wildman–Crippen LogP) is 0.315. The Labute approximate surface area is 40.3 Å². The molecule has 0 spiro atoms. The summed E-state index contributed by atoms with van der Waals surface area (Å²) in [6.07, 6.45) is 0.120. The van der Waals surface area contributed by atoms with E-state index in [1.165, 1.54) is 0 Å². The van der Waals surface area contributed by atoms with Gasteiger partial charge in [-0.15, -0.1) is 3.89 Å². The highest BCUT2D eigenvalue weighted by atomic mass is 32.3. The Morgan fingerprint density at radius 2 is 2.00 bits per heavy atom. The molecule has 5 heteroatoms. The fourth-order valence-electron chi connectivity index (χ4n) is 0.0727. The molecule has 0 aromatic heterocycles. The van der Waals surface area contributed by atoms with Gasteiger partial charge in [0.15, 0.2) is 0 Å². The molecule has 0 aliphatic rings. The van der Waals surface area contributed by atoms with Crippen molar-refractivity contribution in [3.8, 4) is 0 Å². The average Bonchev–Trinajstić information content (AvgIpc) is 1.30. The largest absolute Gasteiger partial charge is 0.515 e. The van der Waals surface area contributed by atoms with Gasteiger partial charge in [-0.1, -0.05) is 0 Å². The number of aliphatic hydroxyl groups excluding tert-OH is 1. The van der Waals surface area contributed by atoms with E-state index in [9.17, 15) is 12.3 Å². The van der Waals surface area contributed by atoms with Crippen LogP contribution < -0.4 is 0 Å². The van der Waals surface area contributed by atoms with E-state index in [-0.39, 0.29) is 11.7 Å². The van der Waals surface area contributed by atoms with E-state index in [1.807, 2.05) is 0 Å². The van der Waals surface area contributed by atoms with Crippen LogP contribution in [0.5, 0.6) is 0 Å². The molecule has 7 heavy (non-hydrogen) atoms. The highest BCUT2D eigenvalue weighted by Gasteiger charge is 1.95. The summed E-state index contributed by atoms with van der Waals surface area (Å²) in [5, 5.41) is 7.65. The third kappa shape index (κ3) is 5.42. The normalized spacial score (nSPS) is 12.7. The van der Waals surface area contributed by atoms with Gasteiger partial charge in [0.05, 0.1) is 11.7 Å². The van der Waals surface area contributed by atoms with E-state index in [2.05, 4.69) is 0 Å². The van der Waals surface area contributed by atoms with Gasteiger partial charge < -0.3 is 5.11 Å². The first-order chi connectivity index (χ1) is 3.06. The summed E-state index contributed by atoms with van der Waals surface area (Å²) >= 11 is 0. The average molecular weight is 126 g/mol. The lowest BCUT2D eigenvalue weighted by atomic mass is 11.2. The maximum Gasteiger partial charge on any atom is 0.328 e. The Hall–Kier alpha value is -0.580. The zero-order valence-electron chi connectivity index (χ0n) is 3.20. The van der Waals surface area contributed by atoms with Gasteiger partial charge in [-0.2, -0.15) is 8.42 Å². The molecule has 0 bridgehead atoms. The fourth-order valence-corrected chi connectivity index (χ4v) is 0.218. The molecule has 0 atom stereocenters. The van der Waals surface area contributed by atoms with Gasteiger partial charge in [0.2, 0.25) is 0 Å². The molecule has 0 aliphatic heterocycles. The van der Waals surface area contributed by atoms with Crippen molar-refractivity contribution in [3.05, 3.63) is 11.7 Å². The molecular weight excluding hydrogens is 123 g/mol. The highest BCUT2D eigenvalue weighted by Crippen LogP contribution is 1.89. The molecular formula is C2H3FO3S. The van der Waals surface area contributed by atoms with Crippen molar-refractivity contribution in [2.45, 2.75) is 0 Å². The summed E-state index contributed by atoms with van der Waals surface area (Å²) in [6, 6.07) is 0. The molecule has 42 valence electrons. The molecule has 3 nitrogen and oxygen atoms in total. The predicted molar refractivity (Wildman–Crippen MR) is 21.8 cm³/mol. The van der Waals surface area contributed by atoms with Crippen molar-refractivity contribution in [1.29, 1.82) is 0 Å². The third-order valence-corrected chi connectivity index (χ3v) is 0.670. The van der Waals surface area contributed by atoms with Crippen LogP contribution in [0, 0.1) is 0 Å². The number of halogens is 1. The lowest BCUT2D eigenvalue weighted by Gasteiger charge is -1.71. The van der Waals surface area contributed by atoms with Gasteiger partial charge in [-0.25, -0.2) is 0 Å². The second kappa shape index (κ2) is 1.92. The van der Waals surface area contributed by atoms with Crippen LogP contribution in [-0.2, 0) is 10.2 Å². The van der Waals surface area contributed by atoms with Crippen molar-refractivity contribution < 1.29 is 17.4 Å². The molecule has 0 unspecified atom stereocenters. The Bertz CT molecular complexity index is 156. The van der Waals surface area contributed by atoms with E-state index >= 15 is 0 Å². The molecule has 0 aromatic rings. The molecule has 0 aromatic carbocycles. The topological polar surface area (TPSA) is 54.4 Å². The molecule has 0 saturated heterocycles. The van der Waals surface area contributed by atoms with Gasteiger partial charge in [0.25, 0.3) is 0 Å². The molecule has 0 aliphatic carbocycles. The van der Waals surface area contributed by atoms with Gasteiger partial charge in [0.1, 0.15) is 0 Å². The first-order valence-corrected chi connectivity index (χ1v) is 2.76. The minimum Gasteiger partial charge on any atom is -0.515 e.